The van der Waals surface area contributed by atoms with Gasteiger partial charge in [-0.15, -0.1) is 0 Å². The molecular weight excluding hydrogens is 488 g/mol. The minimum atomic E-state index is -0.355. The van der Waals surface area contributed by atoms with E-state index in [1.807, 2.05) is 24.3 Å². The van der Waals surface area contributed by atoms with Gasteiger partial charge < -0.3 is 39.5 Å². The van der Waals surface area contributed by atoms with Crippen molar-refractivity contribution in [2.24, 2.45) is 0 Å². The molecule has 0 fully saturated rings. The Morgan fingerprint density at radius 3 is 1.66 bits per heavy atom. The van der Waals surface area contributed by atoms with E-state index in [-0.39, 0.29) is 5.91 Å². The Labute approximate surface area is 222 Å². The zero-order chi connectivity index (χ0) is 27.7. The standard InChI is InChI=1S/C29H32N2O7/c1-33-23-14-18(9-11-21(23)30)10-12-27(32)31-22-13-19(15-24(34-2)28(22)37-5)7-8-20-16-25(35-3)29(38-6)26(17-20)36-4/h7-17H,30H2,1-6H3,(H,31,32)/b8-7?,12-10+. The number of benzene rings is 3. The second-order valence-electron chi connectivity index (χ2n) is 7.92. The molecule has 0 aliphatic carbocycles. The molecule has 0 saturated carbocycles. The van der Waals surface area contributed by atoms with E-state index in [2.05, 4.69) is 5.32 Å². The Bertz CT molecular complexity index is 1320. The number of amides is 1. The summed E-state index contributed by atoms with van der Waals surface area (Å²) in [5.74, 6) is 2.62. The summed E-state index contributed by atoms with van der Waals surface area (Å²) in [5.41, 5.74) is 9.16. The molecule has 0 heterocycles. The lowest BCUT2D eigenvalue weighted by Crippen LogP contribution is -2.09. The highest BCUT2D eigenvalue weighted by molar-refractivity contribution is 6.03. The maximum Gasteiger partial charge on any atom is 0.248 e. The first-order valence-corrected chi connectivity index (χ1v) is 11.5. The van der Waals surface area contributed by atoms with Gasteiger partial charge >= 0.3 is 0 Å². The van der Waals surface area contributed by atoms with Gasteiger partial charge in [0.1, 0.15) is 5.75 Å². The quantitative estimate of drug-likeness (QED) is 0.203. The summed E-state index contributed by atoms with van der Waals surface area (Å²) in [5, 5.41) is 2.86. The van der Waals surface area contributed by atoms with E-state index in [4.69, 9.17) is 34.2 Å². The molecule has 3 rings (SSSR count). The Hall–Kier alpha value is -4.79. The molecule has 0 aliphatic rings. The second kappa shape index (κ2) is 13.0. The molecule has 0 spiro atoms. The van der Waals surface area contributed by atoms with Gasteiger partial charge in [-0.1, -0.05) is 18.2 Å². The Morgan fingerprint density at radius 2 is 1.13 bits per heavy atom. The van der Waals surface area contributed by atoms with E-state index in [0.29, 0.717) is 45.9 Å². The minimum Gasteiger partial charge on any atom is -0.495 e. The maximum absolute atomic E-state index is 12.8. The number of rotatable bonds is 11. The van der Waals surface area contributed by atoms with E-state index in [9.17, 15) is 4.79 Å². The smallest absolute Gasteiger partial charge is 0.248 e. The fourth-order valence-corrected chi connectivity index (χ4v) is 3.74. The highest BCUT2D eigenvalue weighted by Gasteiger charge is 2.15. The predicted molar refractivity (Wildman–Crippen MR) is 150 cm³/mol. The van der Waals surface area contributed by atoms with Gasteiger partial charge in [-0.25, -0.2) is 0 Å². The third kappa shape index (κ3) is 6.50. The van der Waals surface area contributed by atoms with Crippen LogP contribution in [-0.4, -0.2) is 48.6 Å². The fraction of sp³-hybridized carbons (Fsp3) is 0.207. The molecule has 9 nitrogen and oxygen atoms in total. The number of carbonyl (C=O) groups is 1. The zero-order valence-corrected chi connectivity index (χ0v) is 22.3. The summed E-state index contributed by atoms with van der Waals surface area (Å²) in [4.78, 5) is 12.8. The number of carbonyl (C=O) groups excluding carboxylic acids is 1. The molecule has 0 aliphatic heterocycles. The molecule has 3 N–H and O–H groups in total. The van der Waals surface area contributed by atoms with Gasteiger partial charge in [0.2, 0.25) is 11.7 Å². The van der Waals surface area contributed by atoms with E-state index in [1.54, 1.807) is 57.7 Å². The van der Waals surface area contributed by atoms with Gasteiger partial charge in [0.15, 0.2) is 23.0 Å². The van der Waals surface area contributed by atoms with Crippen LogP contribution in [0.1, 0.15) is 16.7 Å². The van der Waals surface area contributed by atoms with E-state index in [1.165, 1.54) is 27.4 Å². The van der Waals surface area contributed by atoms with Crippen LogP contribution in [0.25, 0.3) is 18.2 Å². The summed E-state index contributed by atoms with van der Waals surface area (Å²) in [6, 6.07) is 12.5. The van der Waals surface area contributed by atoms with Crippen molar-refractivity contribution in [2.45, 2.75) is 0 Å². The third-order valence-corrected chi connectivity index (χ3v) is 5.60. The SMILES string of the molecule is COc1cc(/C=C/C(=O)Nc2cc(C=Cc3cc(OC)c(OC)c(OC)c3)cc(OC)c2OC)ccc1N. The monoisotopic (exact) mass is 520 g/mol. The number of ether oxygens (including phenoxy) is 6. The molecule has 0 atom stereocenters. The van der Waals surface area contributed by atoms with Crippen LogP contribution in [0.2, 0.25) is 0 Å². The minimum absolute atomic E-state index is 0.355. The van der Waals surface area contributed by atoms with E-state index >= 15 is 0 Å². The van der Waals surface area contributed by atoms with Gasteiger partial charge in [0.25, 0.3) is 0 Å². The fourth-order valence-electron chi connectivity index (χ4n) is 3.74. The second-order valence-corrected chi connectivity index (χ2v) is 7.92. The van der Waals surface area contributed by atoms with Gasteiger partial charge in [-0.2, -0.15) is 0 Å². The third-order valence-electron chi connectivity index (χ3n) is 5.60. The molecule has 3 aromatic rings. The van der Waals surface area contributed by atoms with Crippen molar-refractivity contribution in [2.75, 3.05) is 53.7 Å². The number of hydrogen-bond donors (Lipinski definition) is 2. The molecule has 3 aromatic carbocycles. The van der Waals surface area contributed by atoms with Crippen LogP contribution < -0.4 is 39.5 Å². The Balaban J connectivity index is 1.90. The molecule has 0 saturated heterocycles. The van der Waals surface area contributed by atoms with Crippen LogP contribution in [0.3, 0.4) is 0 Å². The number of hydrogen-bond acceptors (Lipinski definition) is 8. The molecule has 1 amide bonds. The summed E-state index contributed by atoms with van der Waals surface area (Å²) < 4.78 is 32.5. The van der Waals surface area contributed by atoms with Crippen LogP contribution in [-0.2, 0) is 4.79 Å². The van der Waals surface area contributed by atoms with Crippen LogP contribution in [0, 0.1) is 0 Å². The highest BCUT2D eigenvalue weighted by atomic mass is 16.5. The van der Waals surface area contributed by atoms with Crippen LogP contribution in [0.4, 0.5) is 11.4 Å². The first kappa shape index (κ1) is 27.8. The average Bonchev–Trinajstić information content (AvgIpc) is 2.94. The van der Waals surface area contributed by atoms with Crippen molar-refractivity contribution in [1.29, 1.82) is 0 Å². The Kier molecular flexibility index (Phi) is 9.48. The summed E-state index contributed by atoms with van der Waals surface area (Å²) in [6.45, 7) is 0. The van der Waals surface area contributed by atoms with Crippen LogP contribution >= 0.6 is 0 Å². The molecule has 0 aromatic heterocycles. The molecule has 0 radical (unpaired) electrons. The zero-order valence-electron chi connectivity index (χ0n) is 22.3. The summed E-state index contributed by atoms with van der Waals surface area (Å²) >= 11 is 0. The number of nitrogens with one attached hydrogen (secondary N) is 1. The normalized spacial score (nSPS) is 10.9. The van der Waals surface area contributed by atoms with Crippen molar-refractivity contribution in [1.82, 2.24) is 0 Å². The number of methoxy groups -OCH3 is 6. The largest absolute Gasteiger partial charge is 0.495 e. The van der Waals surface area contributed by atoms with Crippen molar-refractivity contribution in [3.63, 3.8) is 0 Å². The molecule has 38 heavy (non-hydrogen) atoms. The lowest BCUT2D eigenvalue weighted by atomic mass is 10.1. The van der Waals surface area contributed by atoms with Crippen LogP contribution in [0.15, 0.2) is 48.5 Å². The molecular formula is C29H32N2O7. The van der Waals surface area contributed by atoms with Gasteiger partial charge in [0.05, 0.1) is 54.0 Å². The highest BCUT2D eigenvalue weighted by Crippen LogP contribution is 2.40. The molecule has 0 bridgehead atoms. The first-order valence-electron chi connectivity index (χ1n) is 11.5. The van der Waals surface area contributed by atoms with Gasteiger partial charge in [-0.3, -0.25) is 4.79 Å². The van der Waals surface area contributed by atoms with Crippen molar-refractivity contribution < 1.29 is 33.2 Å². The summed E-state index contributed by atoms with van der Waals surface area (Å²) in [6.07, 6.45) is 6.82. The molecule has 0 unspecified atom stereocenters. The van der Waals surface area contributed by atoms with E-state index < -0.39 is 0 Å². The van der Waals surface area contributed by atoms with Gasteiger partial charge in [0, 0.05) is 6.08 Å². The summed E-state index contributed by atoms with van der Waals surface area (Å²) in [7, 11) is 9.25. The number of anilines is 2. The first-order chi connectivity index (χ1) is 18.4. The number of nitrogen functional groups attached to an aromatic ring is 1. The average molecular weight is 521 g/mol. The van der Waals surface area contributed by atoms with E-state index in [0.717, 1.165) is 16.7 Å². The molecule has 9 heteroatoms. The predicted octanol–water partition coefficient (Wildman–Crippen LogP) is 5.14. The topological polar surface area (TPSA) is 111 Å². The lowest BCUT2D eigenvalue weighted by molar-refractivity contribution is -0.111. The van der Waals surface area contributed by atoms with Gasteiger partial charge in [-0.05, 0) is 59.2 Å². The van der Waals surface area contributed by atoms with Crippen molar-refractivity contribution >= 4 is 35.5 Å². The maximum atomic E-state index is 12.8. The van der Waals surface area contributed by atoms with Crippen LogP contribution in [0.5, 0.6) is 34.5 Å². The molecule has 200 valence electrons. The van der Waals surface area contributed by atoms with Crippen molar-refractivity contribution in [3.05, 3.63) is 65.2 Å². The Morgan fingerprint density at radius 1 is 0.632 bits per heavy atom. The number of nitrogens with two attached hydrogens (primary N) is 1. The lowest BCUT2D eigenvalue weighted by Gasteiger charge is -2.15. The van der Waals surface area contributed by atoms with Crippen molar-refractivity contribution in [3.8, 4) is 34.5 Å².